The third-order valence-corrected chi connectivity index (χ3v) is 5.21. The molecule has 4 rings (SSSR count). The molecule has 4 nitrogen and oxygen atoms in total. The van der Waals surface area contributed by atoms with Gasteiger partial charge in [-0.15, -0.1) is 0 Å². The first-order chi connectivity index (χ1) is 14.5. The standard InChI is InChI=1S/C24H17Cl2NO3/c25-18-11-9-16(10-12-18)13-27-14-20(23(28)24(26)29)19-7-4-8-21(22(19)27)30-15-17-5-2-1-3-6-17/h1-12,14H,13,15H2. The maximum atomic E-state index is 12.4. The third kappa shape index (κ3) is 4.25. The van der Waals surface area contributed by atoms with Crippen LogP contribution in [0.2, 0.25) is 5.02 Å². The van der Waals surface area contributed by atoms with E-state index < -0.39 is 11.0 Å². The molecule has 30 heavy (non-hydrogen) atoms. The number of Topliss-reactive ketones (excluding diaryl/α,β-unsaturated/α-hetero) is 1. The second kappa shape index (κ2) is 8.74. The summed E-state index contributed by atoms with van der Waals surface area (Å²) in [5.74, 6) is -0.122. The van der Waals surface area contributed by atoms with Gasteiger partial charge in [-0.1, -0.05) is 66.2 Å². The summed E-state index contributed by atoms with van der Waals surface area (Å²) in [7, 11) is 0. The second-order valence-electron chi connectivity index (χ2n) is 6.83. The van der Waals surface area contributed by atoms with Crippen molar-refractivity contribution >= 4 is 45.1 Å². The fourth-order valence-corrected chi connectivity index (χ4v) is 3.60. The van der Waals surface area contributed by atoms with Crippen LogP contribution in [0, 0.1) is 0 Å². The first kappa shape index (κ1) is 20.2. The minimum Gasteiger partial charge on any atom is -0.487 e. The highest BCUT2D eigenvalue weighted by molar-refractivity contribution is 6.83. The van der Waals surface area contributed by atoms with Gasteiger partial charge in [-0.05, 0) is 40.9 Å². The van der Waals surface area contributed by atoms with E-state index in [-0.39, 0.29) is 5.56 Å². The maximum Gasteiger partial charge on any atom is 0.293 e. The molecule has 0 bridgehead atoms. The number of para-hydroxylation sites is 1. The maximum absolute atomic E-state index is 12.4. The Morgan fingerprint density at radius 2 is 1.60 bits per heavy atom. The van der Waals surface area contributed by atoms with Crippen LogP contribution in [0.4, 0.5) is 0 Å². The molecule has 0 saturated carbocycles. The van der Waals surface area contributed by atoms with Gasteiger partial charge in [0.05, 0.1) is 11.1 Å². The topological polar surface area (TPSA) is 48.3 Å². The number of carbonyl (C=O) groups is 2. The van der Waals surface area contributed by atoms with Crippen LogP contribution in [0.3, 0.4) is 0 Å². The van der Waals surface area contributed by atoms with Crippen LogP contribution < -0.4 is 4.74 Å². The number of halogens is 2. The highest BCUT2D eigenvalue weighted by atomic mass is 35.5. The van der Waals surface area contributed by atoms with Crippen LogP contribution >= 0.6 is 23.2 Å². The van der Waals surface area contributed by atoms with Gasteiger partial charge < -0.3 is 9.30 Å². The molecule has 3 aromatic carbocycles. The summed E-state index contributed by atoms with van der Waals surface area (Å²) in [6, 6.07) is 22.7. The Morgan fingerprint density at radius 3 is 2.30 bits per heavy atom. The molecule has 0 aliphatic carbocycles. The molecule has 0 unspecified atom stereocenters. The van der Waals surface area contributed by atoms with Crippen LogP contribution in [-0.2, 0) is 17.9 Å². The molecule has 0 aliphatic heterocycles. The van der Waals surface area contributed by atoms with E-state index in [1.54, 1.807) is 18.3 Å². The molecular formula is C24H17Cl2NO3. The van der Waals surface area contributed by atoms with E-state index >= 15 is 0 Å². The number of hydrogen-bond donors (Lipinski definition) is 0. The number of fused-ring (bicyclic) bond motifs is 1. The van der Waals surface area contributed by atoms with Gasteiger partial charge in [-0.25, -0.2) is 0 Å². The molecule has 6 heteroatoms. The molecule has 0 spiro atoms. The Labute approximate surface area is 183 Å². The Hall–Kier alpha value is -3.08. The fourth-order valence-electron chi connectivity index (χ4n) is 3.38. The molecule has 1 heterocycles. The molecule has 0 fully saturated rings. The zero-order chi connectivity index (χ0) is 21.1. The lowest BCUT2D eigenvalue weighted by Gasteiger charge is -2.12. The van der Waals surface area contributed by atoms with E-state index in [4.69, 9.17) is 27.9 Å². The molecule has 0 saturated heterocycles. The minimum atomic E-state index is -1.02. The lowest BCUT2D eigenvalue weighted by molar-refractivity contribution is -0.108. The van der Waals surface area contributed by atoms with Crippen LogP contribution in [0.1, 0.15) is 21.5 Å². The zero-order valence-electron chi connectivity index (χ0n) is 15.8. The van der Waals surface area contributed by atoms with Crippen molar-refractivity contribution < 1.29 is 14.3 Å². The minimum absolute atomic E-state index is 0.254. The third-order valence-electron chi connectivity index (χ3n) is 4.79. The smallest absolute Gasteiger partial charge is 0.293 e. The molecule has 0 atom stereocenters. The predicted octanol–water partition coefficient (Wildman–Crippen LogP) is 5.87. The van der Waals surface area contributed by atoms with Crippen LogP contribution in [0.5, 0.6) is 5.75 Å². The van der Waals surface area contributed by atoms with E-state index in [0.717, 1.165) is 16.6 Å². The van der Waals surface area contributed by atoms with Gasteiger partial charge in [-0.3, -0.25) is 9.59 Å². The van der Waals surface area contributed by atoms with Crippen molar-refractivity contribution in [1.82, 2.24) is 4.57 Å². The van der Waals surface area contributed by atoms with Crippen molar-refractivity contribution in [2.75, 3.05) is 0 Å². The Kier molecular flexibility index (Phi) is 5.88. The number of ketones is 1. The Bertz CT molecular complexity index is 1210. The van der Waals surface area contributed by atoms with Crippen molar-refractivity contribution in [1.29, 1.82) is 0 Å². The first-order valence-electron chi connectivity index (χ1n) is 9.30. The van der Waals surface area contributed by atoms with Crippen molar-refractivity contribution in [2.24, 2.45) is 0 Å². The van der Waals surface area contributed by atoms with Crippen molar-refractivity contribution in [2.45, 2.75) is 13.2 Å². The number of carbonyl (C=O) groups excluding carboxylic acids is 2. The molecule has 0 aliphatic rings. The number of rotatable bonds is 7. The molecule has 0 radical (unpaired) electrons. The number of benzene rings is 3. The largest absolute Gasteiger partial charge is 0.487 e. The van der Waals surface area contributed by atoms with E-state index in [0.29, 0.717) is 29.3 Å². The summed E-state index contributed by atoms with van der Waals surface area (Å²) in [5, 5.41) is 0.247. The van der Waals surface area contributed by atoms with Gasteiger partial charge >= 0.3 is 0 Å². The average Bonchev–Trinajstić information content (AvgIpc) is 3.13. The van der Waals surface area contributed by atoms with Crippen LogP contribution in [-0.4, -0.2) is 15.6 Å². The van der Waals surface area contributed by atoms with E-state index in [1.165, 1.54) is 0 Å². The SMILES string of the molecule is O=C(Cl)C(=O)c1cn(Cc2ccc(Cl)cc2)c2c(OCc3ccccc3)cccc12. The van der Waals surface area contributed by atoms with Crippen LogP contribution in [0.25, 0.3) is 10.9 Å². The fraction of sp³-hybridized carbons (Fsp3) is 0.0833. The van der Waals surface area contributed by atoms with Crippen LogP contribution in [0.15, 0.2) is 79.0 Å². The highest BCUT2D eigenvalue weighted by Crippen LogP contribution is 2.32. The Balaban J connectivity index is 1.78. The summed E-state index contributed by atoms with van der Waals surface area (Å²) in [6.07, 6.45) is 1.65. The molecule has 0 N–H and O–H groups in total. The number of aromatic nitrogens is 1. The monoisotopic (exact) mass is 437 g/mol. The normalized spacial score (nSPS) is 10.9. The molecule has 0 amide bonds. The summed E-state index contributed by atoms with van der Waals surface area (Å²) < 4.78 is 7.98. The summed E-state index contributed by atoms with van der Waals surface area (Å²) >= 11 is 11.5. The van der Waals surface area contributed by atoms with Gasteiger partial charge in [0, 0.05) is 23.2 Å². The zero-order valence-corrected chi connectivity index (χ0v) is 17.4. The van der Waals surface area contributed by atoms with E-state index in [9.17, 15) is 9.59 Å². The van der Waals surface area contributed by atoms with Crippen molar-refractivity contribution in [3.8, 4) is 5.75 Å². The summed E-state index contributed by atoms with van der Waals surface area (Å²) in [4.78, 5) is 24.0. The second-order valence-corrected chi connectivity index (χ2v) is 7.61. The lowest BCUT2D eigenvalue weighted by atomic mass is 10.1. The van der Waals surface area contributed by atoms with Gasteiger partial charge in [0.25, 0.3) is 5.24 Å². The van der Waals surface area contributed by atoms with Gasteiger partial charge in [0.2, 0.25) is 5.78 Å². The number of nitrogens with zero attached hydrogens (tertiary/aromatic N) is 1. The Morgan fingerprint density at radius 1 is 0.867 bits per heavy atom. The van der Waals surface area contributed by atoms with E-state index in [1.807, 2.05) is 65.2 Å². The van der Waals surface area contributed by atoms with Gasteiger partial charge in [0.15, 0.2) is 0 Å². The highest BCUT2D eigenvalue weighted by Gasteiger charge is 2.22. The summed E-state index contributed by atoms with van der Waals surface area (Å²) in [5.41, 5.74) is 3.00. The quantitative estimate of drug-likeness (QED) is 0.206. The molecular weight excluding hydrogens is 421 g/mol. The molecule has 4 aromatic rings. The predicted molar refractivity (Wildman–Crippen MR) is 118 cm³/mol. The van der Waals surface area contributed by atoms with Crippen molar-refractivity contribution in [3.05, 3.63) is 101 Å². The lowest BCUT2D eigenvalue weighted by Crippen LogP contribution is -2.06. The number of hydrogen-bond acceptors (Lipinski definition) is 3. The summed E-state index contributed by atoms with van der Waals surface area (Å²) in [6.45, 7) is 0.854. The van der Waals surface area contributed by atoms with Gasteiger partial charge in [-0.2, -0.15) is 0 Å². The molecule has 1 aromatic heterocycles. The average molecular weight is 438 g/mol. The van der Waals surface area contributed by atoms with E-state index in [2.05, 4.69) is 0 Å². The first-order valence-corrected chi connectivity index (χ1v) is 10.1. The number of ether oxygens (including phenoxy) is 1. The van der Waals surface area contributed by atoms with Gasteiger partial charge in [0.1, 0.15) is 12.4 Å². The van der Waals surface area contributed by atoms with Crippen molar-refractivity contribution in [3.63, 3.8) is 0 Å². The molecule has 150 valence electrons.